The van der Waals surface area contributed by atoms with Crippen molar-refractivity contribution < 1.29 is 29.0 Å². The van der Waals surface area contributed by atoms with Gasteiger partial charge in [0, 0.05) is 41.3 Å². The maximum Gasteiger partial charge on any atom is 0.335 e. The number of aromatic carboxylic acids is 1. The summed E-state index contributed by atoms with van der Waals surface area (Å²) in [5.74, 6) is -0.683. The Morgan fingerprint density at radius 2 is 1.49 bits per heavy atom. The number of nitrogens with one attached hydrogen (secondary N) is 1. The molecule has 2 aromatic carbocycles. The molecule has 0 saturated carbocycles. The van der Waals surface area contributed by atoms with Crippen LogP contribution in [0.1, 0.15) is 87.7 Å². The SMILES string of the molecule is CCOc1cc(C2C3=C(CC(C)(C)CC3=O)NC3=C2C(=O)CC(C)(C)C3)cc(Cl)c1OCc1ccc(C(=O)O)cc1. The quantitative estimate of drug-likeness (QED) is 0.365. The van der Waals surface area contributed by atoms with Crippen molar-refractivity contribution in [3.8, 4) is 11.5 Å². The van der Waals surface area contributed by atoms with E-state index in [4.69, 9.17) is 26.2 Å². The number of allylic oxidation sites excluding steroid dienone is 4. The van der Waals surface area contributed by atoms with Crippen LogP contribution in [-0.2, 0) is 16.2 Å². The Bertz CT molecular complexity index is 1450. The van der Waals surface area contributed by atoms with Gasteiger partial charge in [-0.3, -0.25) is 9.59 Å². The molecule has 216 valence electrons. The molecule has 0 atom stereocenters. The second-order valence-electron chi connectivity index (χ2n) is 12.8. The Hall–Kier alpha value is -3.58. The van der Waals surface area contributed by atoms with Crippen LogP contribution < -0.4 is 14.8 Å². The molecule has 0 unspecified atom stereocenters. The van der Waals surface area contributed by atoms with E-state index >= 15 is 0 Å². The summed E-state index contributed by atoms with van der Waals surface area (Å²) in [6.45, 7) is 10.7. The molecule has 7 nitrogen and oxygen atoms in total. The second-order valence-corrected chi connectivity index (χ2v) is 13.2. The number of Topliss-reactive ketones (excluding diaryl/α,β-unsaturated/α-hetero) is 2. The molecule has 0 fully saturated rings. The molecule has 5 rings (SSSR count). The highest BCUT2D eigenvalue weighted by molar-refractivity contribution is 6.32. The monoisotopic (exact) mass is 577 g/mol. The zero-order valence-corrected chi connectivity index (χ0v) is 24.9. The van der Waals surface area contributed by atoms with Gasteiger partial charge in [0.15, 0.2) is 23.1 Å². The Balaban J connectivity index is 1.57. The summed E-state index contributed by atoms with van der Waals surface area (Å²) in [5, 5.41) is 13.0. The second kappa shape index (κ2) is 10.7. The molecule has 0 aromatic heterocycles. The predicted octanol–water partition coefficient (Wildman–Crippen LogP) is 6.99. The number of carbonyl (C=O) groups excluding carboxylic acids is 2. The fraction of sp³-hybridized carbons (Fsp3) is 0.424. The molecule has 0 saturated heterocycles. The van der Waals surface area contributed by atoms with Crippen LogP contribution in [-0.4, -0.2) is 29.2 Å². The summed E-state index contributed by atoms with van der Waals surface area (Å²) < 4.78 is 12.1. The molecule has 0 spiro atoms. The van der Waals surface area contributed by atoms with Crippen molar-refractivity contribution in [2.75, 3.05) is 6.61 Å². The van der Waals surface area contributed by atoms with Crippen molar-refractivity contribution >= 4 is 29.1 Å². The largest absolute Gasteiger partial charge is 0.490 e. The Kier molecular flexibility index (Phi) is 7.53. The first-order chi connectivity index (χ1) is 19.3. The van der Waals surface area contributed by atoms with Crippen molar-refractivity contribution in [3.05, 3.63) is 80.7 Å². The standard InChI is InChI=1S/C33H36ClNO6/c1-6-40-26-12-20(11-21(34)30(26)41-17-18-7-9-19(10-8-18)31(38)39)27-28-22(13-32(2,3)15-24(28)36)35-23-14-33(4,5)16-25(37)29(23)27/h7-12,27,35H,6,13-17H2,1-5H3,(H,38,39). The van der Waals surface area contributed by atoms with Crippen LogP contribution in [0.5, 0.6) is 11.5 Å². The van der Waals surface area contributed by atoms with Gasteiger partial charge < -0.3 is 19.9 Å². The molecule has 8 heteroatoms. The van der Waals surface area contributed by atoms with Crippen molar-refractivity contribution in [3.63, 3.8) is 0 Å². The van der Waals surface area contributed by atoms with Crippen molar-refractivity contribution in [1.82, 2.24) is 5.32 Å². The van der Waals surface area contributed by atoms with Crippen molar-refractivity contribution in [1.29, 1.82) is 0 Å². The highest BCUT2D eigenvalue weighted by atomic mass is 35.5. The summed E-state index contributed by atoms with van der Waals surface area (Å²) in [5.41, 5.74) is 4.37. The predicted molar refractivity (Wildman–Crippen MR) is 156 cm³/mol. The minimum Gasteiger partial charge on any atom is -0.490 e. The van der Waals surface area contributed by atoms with E-state index in [1.165, 1.54) is 12.1 Å². The van der Waals surface area contributed by atoms with Crippen molar-refractivity contribution in [2.24, 2.45) is 10.8 Å². The molecule has 2 aliphatic carbocycles. The number of ether oxygens (including phenoxy) is 2. The number of halogens is 1. The molecule has 1 heterocycles. The first-order valence-corrected chi connectivity index (χ1v) is 14.4. The van der Waals surface area contributed by atoms with Gasteiger partial charge in [0.25, 0.3) is 0 Å². The summed E-state index contributed by atoms with van der Waals surface area (Å²) in [6, 6.07) is 10.0. The number of carbonyl (C=O) groups is 3. The van der Waals surface area contributed by atoms with Crippen LogP contribution in [0.2, 0.25) is 5.02 Å². The zero-order chi connectivity index (χ0) is 29.7. The van der Waals surface area contributed by atoms with Crippen LogP contribution in [0.25, 0.3) is 0 Å². The number of benzene rings is 2. The summed E-state index contributed by atoms with van der Waals surface area (Å²) >= 11 is 6.84. The average molecular weight is 578 g/mol. The van der Waals surface area contributed by atoms with Gasteiger partial charge in [-0.05, 0) is 66.0 Å². The molecule has 3 aliphatic rings. The fourth-order valence-electron chi connectivity index (χ4n) is 6.28. The first-order valence-electron chi connectivity index (χ1n) is 14.0. The topological polar surface area (TPSA) is 102 Å². The maximum absolute atomic E-state index is 13.7. The minimum absolute atomic E-state index is 0.0390. The number of hydrogen-bond donors (Lipinski definition) is 2. The van der Waals surface area contributed by atoms with Gasteiger partial charge in [-0.15, -0.1) is 0 Å². The van der Waals surface area contributed by atoms with E-state index in [0.717, 1.165) is 22.5 Å². The summed E-state index contributed by atoms with van der Waals surface area (Å²) in [6.07, 6.45) is 2.23. The number of dihydropyridines is 1. The van der Waals surface area contributed by atoms with Gasteiger partial charge in [-0.25, -0.2) is 4.79 Å². The van der Waals surface area contributed by atoms with Gasteiger partial charge in [0.1, 0.15) is 6.61 Å². The molecule has 0 amide bonds. The van der Waals surface area contributed by atoms with E-state index in [1.54, 1.807) is 18.2 Å². The number of carboxylic acid groups (broad SMARTS) is 1. The lowest BCUT2D eigenvalue weighted by Gasteiger charge is -2.44. The lowest BCUT2D eigenvalue weighted by molar-refractivity contribution is -0.119. The van der Waals surface area contributed by atoms with E-state index < -0.39 is 11.9 Å². The highest BCUT2D eigenvalue weighted by Gasteiger charge is 2.46. The van der Waals surface area contributed by atoms with Crippen LogP contribution in [0.3, 0.4) is 0 Å². The first kappa shape index (κ1) is 28.9. The smallest absolute Gasteiger partial charge is 0.335 e. The van der Waals surface area contributed by atoms with E-state index in [0.29, 0.717) is 60.0 Å². The molecule has 41 heavy (non-hydrogen) atoms. The molecule has 0 radical (unpaired) electrons. The van der Waals surface area contributed by atoms with Gasteiger partial charge in [-0.2, -0.15) is 0 Å². The third-order valence-corrected chi connectivity index (χ3v) is 8.25. The number of hydrogen-bond acceptors (Lipinski definition) is 6. The lowest BCUT2D eigenvalue weighted by atomic mass is 9.64. The third-order valence-electron chi connectivity index (χ3n) is 7.97. The average Bonchev–Trinajstić information content (AvgIpc) is 2.85. The van der Waals surface area contributed by atoms with Crippen LogP contribution in [0.15, 0.2) is 58.9 Å². The zero-order valence-electron chi connectivity index (χ0n) is 24.2. The Labute approximate surface area is 245 Å². The van der Waals surface area contributed by atoms with Gasteiger partial charge in [-0.1, -0.05) is 51.4 Å². The van der Waals surface area contributed by atoms with Gasteiger partial charge in [0.05, 0.1) is 17.2 Å². The molecule has 1 aliphatic heterocycles. The Morgan fingerprint density at radius 3 is 2.00 bits per heavy atom. The summed E-state index contributed by atoms with van der Waals surface area (Å²) in [7, 11) is 0. The molecule has 2 aromatic rings. The third kappa shape index (κ3) is 5.78. The molecular formula is C33H36ClNO6. The number of ketones is 2. The molecule has 0 bridgehead atoms. The van der Waals surface area contributed by atoms with Crippen LogP contribution in [0.4, 0.5) is 0 Å². The fourth-order valence-corrected chi connectivity index (χ4v) is 6.55. The van der Waals surface area contributed by atoms with E-state index in [2.05, 4.69) is 33.0 Å². The number of rotatable bonds is 7. The normalized spacial score (nSPS) is 19.9. The van der Waals surface area contributed by atoms with Crippen LogP contribution in [0, 0.1) is 10.8 Å². The maximum atomic E-state index is 13.7. The van der Waals surface area contributed by atoms with E-state index in [-0.39, 0.29) is 34.6 Å². The van der Waals surface area contributed by atoms with Crippen LogP contribution >= 0.6 is 11.6 Å². The van der Waals surface area contributed by atoms with Gasteiger partial charge in [0.2, 0.25) is 0 Å². The van der Waals surface area contributed by atoms with Crippen molar-refractivity contribution in [2.45, 2.75) is 72.8 Å². The Morgan fingerprint density at radius 1 is 0.927 bits per heavy atom. The molecule has 2 N–H and O–H groups in total. The number of carboxylic acids is 1. The van der Waals surface area contributed by atoms with E-state index in [1.807, 2.05) is 13.0 Å². The van der Waals surface area contributed by atoms with E-state index in [9.17, 15) is 14.4 Å². The van der Waals surface area contributed by atoms with Gasteiger partial charge >= 0.3 is 5.97 Å². The molecular weight excluding hydrogens is 542 g/mol. The summed E-state index contributed by atoms with van der Waals surface area (Å²) in [4.78, 5) is 38.5. The lowest BCUT2D eigenvalue weighted by Crippen LogP contribution is -2.42. The minimum atomic E-state index is -0.996. The highest BCUT2D eigenvalue weighted by Crippen LogP contribution is 2.52.